The molecule has 88 valence electrons. The monoisotopic (exact) mass is 392 g/mol. The van der Waals surface area contributed by atoms with Crippen molar-refractivity contribution in [2.24, 2.45) is 0 Å². The number of carbonyl (C=O) groups excluding carboxylic acids is 1. The number of halogens is 3. The van der Waals surface area contributed by atoms with Crippen LogP contribution in [-0.2, 0) is 0 Å². The molecule has 0 atom stereocenters. The molecule has 0 saturated carbocycles. The van der Waals surface area contributed by atoms with Gasteiger partial charge in [0, 0.05) is 20.5 Å². The second-order valence-electron chi connectivity index (χ2n) is 3.48. The quantitative estimate of drug-likeness (QED) is 0.618. The first-order chi connectivity index (χ1) is 7.99. The first-order valence-electron chi connectivity index (χ1n) is 4.74. The smallest absolute Gasteiger partial charge is 0.194 e. The maximum atomic E-state index is 12.3. The summed E-state index contributed by atoms with van der Waals surface area (Å²) < 4.78 is 1.75. The van der Waals surface area contributed by atoms with E-state index in [4.69, 9.17) is 11.6 Å². The van der Waals surface area contributed by atoms with E-state index in [1.54, 1.807) is 29.5 Å². The highest BCUT2D eigenvalue weighted by Gasteiger charge is 2.15. The molecule has 5 heteroatoms. The average molecular weight is 395 g/mol. The van der Waals surface area contributed by atoms with Crippen LogP contribution in [0.25, 0.3) is 0 Å². The standard InChI is InChI=1S/C12H7Br2ClOS/c1-6-8(5-11(14)17-6)12(16)7-2-3-9(13)10(15)4-7/h2-5H,1H3. The molecule has 0 aliphatic carbocycles. The summed E-state index contributed by atoms with van der Waals surface area (Å²) in [4.78, 5) is 13.3. The van der Waals surface area contributed by atoms with Crippen molar-refractivity contribution < 1.29 is 4.79 Å². The van der Waals surface area contributed by atoms with E-state index in [9.17, 15) is 4.79 Å². The van der Waals surface area contributed by atoms with Crippen LogP contribution in [0.15, 0.2) is 32.5 Å². The molecule has 0 N–H and O–H groups in total. The Morgan fingerprint density at radius 3 is 2.53 bits per heavy atom. The van der Waals surface area contributed by atoms with Gasteiger partial charge in [-0.15, -0.1) is 11.3 Å². The number of carbonyl (C=O) groups is 1. The van der Waals surface area contributed by atoms with Crippen LogP contribution in [0, 0.1) is 6.92 Å². The number of aryl methyl sites for hydroxylation is 1. The van der Waals surface area contributed by atoms with Crippen LogP contribution >= 0.6 is 54.8 Å². The summed E-state index contributed by atoms with van der Waals surface area (Å²) in [6.45, 7) is 1.93. The maximum Gasteiger partial charge on any atom is 0.194 e. The zero-order chi connectivity index (χ0) is 12.6. The summed E-state index contributed by atoms with van der Waals surface area (Å²) in [7, 11) is 0. The topological polar surface area (TPSA) is 17.1 Å². The highest BCUT2D eigenvalue weighted by Crippen LogP contribution is 2.30. The Labute approximate surface area is 125 Å². The first kappa shape index (κ1) is 13.3. The van der Waals surface area contributed by atoms with E-state index in [0.29, 0.717) is 10.6 Å². The van der Waals surface area contributed by atoms with Crippen LogP contribution in [0.2, 0.25) is 5.02 Å². The fourth-order valence-electron chi connectivity index (χ4n) is 1.46. The lowest BCUT2D eigenvalue weighted by Crippen LogP contribution is -2.01. The van der Waals surface area contributed by atoms with Crippen molar-refractivity contribution in [1.82, 2.24) is 0 Å². The predicted octanol–water partition coefficient (Wildman–Crippen LogP) is 5.47. The molecule has 2 aromatic rings. The minimum Gasteiger partial charge on any atom is -0.289 e. The summed E-state index contributed by atoms with van der Waals surface area (Å²) >= 11 is 14.2. The summed E-state index contributed by atoms with van der Waals surface area (Å²) in [5, 5.41) is 0.544. The Balaban J connectivity index is 2.44. The van der Waals surface area contributed by atoms with Crippen LogP contribution in [0.5, 0.6) is 0 Å². The molecule has 0 unspecified atom stereocenters. The van der Waals surface area contributed by atoms with E-state index in [1.165, 1.54) is 0 Å². The SMILES string of the molecule is Cc1sc(Br)cc1C(=O)c1ccc(Br)c(Cl)c1. The Morgan fingerprint density at radius 2 is 2.00 bits per heavy atom. The van der Waals surface area contributed by atoms with Crippen molar-refractivity contribution in [1.29, 1.82) is 0 Å². The van der Waals surface area contributed by atoms with Gasteiger partial charge in [-0.1, -0.05) is 11.6 Å². The van der Waals surface area contributed by atoms with E-state index < -0.39 is 0 Å². The van der Waals surface area contributed by atoms with Crippen molar-refractivity contribution in [3.63, 3.8) is 0 Å². The van der Waals surface area contributed by atoms with Gasteiger partial charge in [-0.25, -0.2) is 0 Å². The van der Waals surface area contributed by atoms with Gasteiger partial charge in [0.15, 0.2) is 5.78 Å². The van der Waals surface area contributed by atoms with Gasteiger partial charge in [-0.2, -0.15) is 0 Å². The van der Waals surface area contributed by atoms with E-state index in [1.807, 2.05) is 13.0 Å². The molecule has 1 aromatic heterocycles. The van der Waals surface area contributed by atoms with Crippen LogP contribution in [0.1, 0.15) is 20.8 Å². The molecule has 0 aliphatic rings. The molecule has 0 radical (unpaired) electrons. The average Bonchev–Trinajstić information content (AvgIpc) is 2.61. The van der Waals surface area contributed by atoms with Gasteiger partial charge in [-0.3, -0.25) is 4.79 Å². The molecule has 1 heterocycles. The molecule has 0 saturated heterocycles. The molecule has 0 amide bonds. The highest BCUT2D eigenvalue weighted by molar-refractivity contribution is 9.11. The Hall–Kier alpha value is -0.160. The third-order valence-corrected chi connectivity index (χ3v) is 5.10. The Bertz CT molecular complexity index is 592. The van der Waals surface area contributed by atoms with Crippen molar-refractivity contribution in [2.45, 2.75) is 6.92 Å². The van der Waals surface area contributed by atoms with Crippen LogP contribution in [0.4, 0.5) is 0 Å². The molecule has 17 heavy (non-hydrogen) atoms. The second-order valence-corrected chi connectivity index (χ2v) is 7.38. The molecule has 0 aliphatic heterocycles. The van der Waals surface area contributed by atoms with Gasteiger partial charge in [0.2, 0.25) is 0 Å². The van der Waals surface area contributed by atoms with Gasteiger partial charge in [0.25, 0.3) is 0 Å². The van der Waals surface area contributed by atoms with Crippen LogP contribution < -0.4 is 0 Å². The fraction of sp³-hybridized carbons (Fsp3) is 0.0833. The van der Waals surface area contributed by atoms with Crippen LogP contribution in [-0.4, -0.2) is 5.78 Å². The van der Waals surface area contributed by atoms with E-state index in [-0.39, 0.29) is 5.78 Å². The molecule has 1 nitrogen and oxygen atoms in total. The lowest BCUT2D eigenvalue weighted by Gasteiger charge is -2.02. The van der Waals surface area contributed by atoms with Crippen molar-refractivity contribution in [2.75, 3.05) is 0 Å². The summed E-state index contributed by atoms with van der Waals surface area (Å²) in [6.07, 6.45) is 0. The normalized spacial score (nSPS) is 10.6. The number of benzene rings is 1. The third kappa shape index (κ3) is 2.81. The lowest BCUT2D eigenvalue weighted by atomic mass is 10.0. The van der Waals surface area contributed by atoms with Gasteiger partial charge in [0.1, 0.15) is 0 Å². The summed E-state index contributed by atoms with van der Waals surface area (Å²) in [5.41, 5.74) is 1.33. The molecule has 2 rings (SSSR count). The van der Waals surface area contributed by atoms with Crippen molar-refractivity contribution in [3.05, 3.63) is 53.6 Å². The Morgan fingerprint density at radius 1 is 1.29 bits per heavy atom. The molecule has 0 bridgehead atoms. The number of hydrogen-bond donors (Lipinski definition) is 0. The number of thiophene rings is 1. The number of hydrogen-bond acceptors (Lipinski definition) is 2. The lowest BCUT2D eigenvalue weighted by molar-refractivity contribution is 0.103. The van der Waals surface area contributed by atoms with E-state index >= 15 is 0 Å². The summed E-state index contributed by atoms with van der Waals surface area (Å²) in [5.74, 6) is -0.00106. The van der Waals surface area contributed by atoms with Gasteiger partial charge in [-0.05, 0) is 63.0 Å². The van der Waals surface area contributed by atoms with Gasteiger partial charge in [0.05, 0.1) is 8.81 Å². The van der Waals surface area contributed by atoms with Gasteiger partial charge >= 0.3 is 0 Å². The molecular weight excluding hydrogens is 387 g/mol. The van der Waals surface area contributed by atoms with E-state index in [2.05, 4.69) is 31.9 Å². The minimum absolute atomic E-state index is 0.00106. The number of rotatable bonds is 2. The molecule has 1 aromatic carbocycles. The number of ketones is 1. The minimum atomic E-state index is -0.00106. The van der Waals surface area contributed by atoms with Crippen LogP contribution in [0.3, 0.4) is 0 Å². The highest BCUT2D eigenvalue weighted by atomic mass is 79.9. The second kappa shape index (κ2) is 5.22. The molecule has 0 fully saturated rings. The zero-order valence-electron chi connectivity index (χ0n) is 8.76. The predicted molar refractivity (Wildman–Crippen MR) is 79.3 cm³/mol. The largest absolute Gasteiger partial charge is 0.289 e. The first-order valence-corrected chi connectivity index (χ1v) is 7.53. The zero-order valence-corrected chi connectivity index (χ0v) is 13.5. The Kier molecular flexibility index (Phi) is 4.08. The van der Waals surface area contributed by atoms with Gasteiger partial charge < -0.3 is 0 Å². The molecule has 0 spiro atoms. The van der Waals surface area contributed by atoms with Crippen molar-refractivity contribution in [3.8, 4) is 0 Å². The summed E-state index contributed by atoms with van der Waals surface area (Å²) in [6, 6.07) is 7.08. The molecular formula is C12H7Br2ClOS. The fourth-order valence-corrected chi connectivity index (χ4v) is 3.58. The van der Waals surface area contributed by atoms with E-state index in [0.717, 1.165) is 18.7 Å². The third-order valence-electron chi connectivity index (χ3n) is 2.31. The van der Waals surface area contributed by atoms with Crippen molar-refractivity contribution >= 4 is 60.6 Å². The maximum absolute atomic E-state index is 12.3.